The Labute approximate surface area is 406 Å². The number of fused-ring (bicyclic) bond motifs is 5. The van der Waals surface area contributed by atoms with Crippen LogP contribution in [0.3, 0.4) is 0 Å². The van der Waals surface area contributed by atoms with Crippen LogP contribution in [0.5, 0.6) is 0 Å². The number of hydrogen-bond acceptors (Lipinski definition) is 6. The normalized spacial score (nSPS) is 28.8. The van der Waals surface area contributed by atoms with Crippen LogP contribution in [-0.4, -0.2) is 75.0 Å². The van der Waals surface area contributed by atoms with Gasteiger partial charge in [-0.2, -0.15) is 0 Å². The summed E-state index contributed by atoms with van der Waals surface area (Å²) in [4.78, 5) is 28.4. The number of ether oxygens (including phenoxy) is 3. The van der Waals surface area contributed by atoms with Crippen molar-refractivity contribution in [2.75, 3.05) is 46.0 Å². The number of hydrogen-bond donors (Lipinski definition) is 1. The predicted octanol–water partition coefficient (Wildman–Crippen LogP) is 14.5. The first-order chi connectivity index (χ1) is 32.0. The number of nitrogens with zero attached hydrogens (tertiary/aromatic N) is 1. The summed E-state index contributed by atoms with van der Waals surface area (Å²) < 4.78 is 18.5. The quantitative estimate of drug-likeness (QED) is 0.0412. The molecule has 5 rings (SSSR count). The number of nitrogens with one attached hydrogen (secondary N) is 1. The van der Waals surface area contributed by atoms with Crippen LogP contribution in [0.4, 0.5) is 0 Å². The average molecular weight is 919 g/mol. The van der Waals surface area contributed by atoms with E-state index in [4.69, 9.17) is 14.2 Å². The standard InChI is InChI=1S/C59H102N2O5/c1-7-8-9-10-11-12-13-14-15-16-17-18-19-20-21-25-42-64-46-51(45-61-40-23-22-24-41-61)65-43-39-60-56(62)33-34-57(63)66-50-35-37-58(5)49(44-50)29-30-52-54-32-31-53(48(4)28-26-27-47(2)3)59(54,6)38-36-55(52)58/h11-12,14-15,29,47-48,50-55H,7-10,13,16-28,30-46H2,1-6H3,(H,60,62)/t48-,50+,51?,52+,53-,54+,55+,58+,59-/m1/s1. The lowest BCUT2D eigenvalue weighted by atomic mass is 9.47. The Hall–Kier alpha value is -1.96. The third-order valence-corrected chi connectivity index (χ3v) is 17.6. The number of piperidine rings is 1. The van der Waals surface area contributed by atoms with Gasteiger partial charge >= 0.3 is 5.97 Å². The highest BCUT2D eigenvalue weighted by atomic mass is 16.5. The van der Waals surface area contributed by atoms with Gasteiger partial charge in [-0.05, 0) is 156 Å². The second kappa shape index (κ2) is 29.9. The second-order valence-electron chi connectivity index (χ2n) is 23.0. The fourth-order valence-corrected chi connectivity index (χ4v) is 13.7. The first-order valence-corrected chi connectivity index (χ1v) is 28.4. The van der Waals surface area contributed by atoms with Crippen molar-refractivity contribution >= 4 is 11.9 Å². The molecule has 0 aromatic carbocycles. The van der Waals surface area contributed by atoms with Crippen molar-refractivity contribution in [3.05, 3.63) is 36.0 Å². The SMILES string of the molecule is CCCCCC=CCC=CCCCCCCCCOCC(CN1CCCCC1)OCCNC(=O)CCC(=O)O[C@H]1CC[C@@]2(C)C(=CC[C@H]3[C@@H]4CC[C@H]([C@H](C)CCCC(C)C)[C@@]4(C)CC[C@@H]32)C1. The zero-order valence-corrected chi connectivity index (χ0v) is 43.7. The minimum Gasteiger partial charge on any atom is -0.462 e. The summed E-state index contributed by atoms with van der Waals surface area (Å²) >= 11 is 0. The molecule has 66 heavy (non-hydrogen) atoms. The molecule has 0 spiro atoms. The van der Waals surface area contributed by atoms with E-state index in [0.29, 0.717) is 25.2 Å². The Bertz CT molecular complexity index is 1470. The van der Waals surface area contributed by atoms with E-state index in [1.165, 1.54) is 135 Å². The summed E-state index contributed by atoms with van der Waals surface area (Å²) in [7, 11) is 0. The highest BCUT2D eigenvalue weighted by molar-refractivity contribution is 5.81. The molecule has 0 aromatic rings. The Morgan fingerprint density at radius 3 is 2.30 bits per heavy atom. The van der Waals surface area contributed by atoms with E-state index in [9.17, 15) is 9.59 Å². The topological polar surface area (TPSA) is 77.1 Å². The van der Waals surface area contributed by atoms with Crippen molar-refractivity contribution in [3.63, 3.8) is 0 Å². The molecule has 1 saturated heterocycles. The number of allylic oxidation sites excluding steroid dienone is 5. The summed E-state index contributed by atoms with van der Waals surface area (Å²) in [6, 6.07) is 0. The van der Waals surface area contributed by atoms with E-state index in [1.807, 2.05) is 0 Å². The van der Waals surface area contributed by atoms with Crippen LogP contribution in [0.25, 0.3) is 0 Å². The van der Waals surface area contributed by atoms with Gasteiger partial charge in [-0.25, -0.2) is 0 Å². The maximum Gasteiger partial charge on any atom is 0.306 e. The first-order valence-electron chi connectivity index (χ1n) is 28.4. The highest BCUT2D eigenvalue weighted by Gasteiger charge is 2.59. The van der Waals surface area contributed by atoms with Crippen molar-refractivity contribution in [3.8, 4) is 0 Å². The molecule has 1 unspecified atom stereocenters. The predicted molar refractivity (Wildman–Crippen MR) is 275 cm³/mol. The van der Waals surface area contributed by atoms with Gasteiger partial charge in [-0.15, -0.1) is 0 Å². The molecule has 1 amide bonds. The Kier molecular flexibility index (Phi) is 24.9. The molecule has 5 aliphatic rings. The summed E-state index contributed by atoms with van der Waals surface area (Å²) in [6.45, 7) is 20.2. The molecule has 378 valence electrons. The molecule has 1 aliphatic heterocycles. The van der Waals surface area contributed by atoms with Gasteiger partial charge in [0.25, 0.3) is 0 Å². The van der Waals surface area contributed by atoms with Crippen LogP contribution in [0, 0.1) is 46.3 Å². The van der Waals surface area contributed by atoms with E-state index in [0.717, 1.165) is 93.9 Å². The second-order valence-corrected chi connectivity index (χ2v) is 23.0. The number of esters is 1. The van der Waals surface area contributed by atoms with Gasteiger partial charge in [0.1, 0.15) is 6.10 Å². The van der Waals surface area contributed by atoms with E-state index in [2.05, 4.69) is 82.1 Å². The molecule has 0 aromatic heterocycles. The van der Waals surface area contributed by atoms with E-state index >= 15 is 0 Å². The van der Waals surface area contributed by atoms with Gasteiger partial charge in [0.15, 0.2) is 0 Å². The Balaban J connectivity index is 0.923. The average Bonchev–Trinajstić information content (AvgIpc) is 3.67. The number of carbonyl (C=O) groups excluding carboxylic acids is 2. The maximum atomic E-state index is 13.1. The molecule has 3 saturated carbocycles. The van der Waals surface area contributed by atoms with E-state index in [1.54, 1.807) is 5.57 Å². The number of carbonyl (C=O) groups is 2. The van der Waals surface area contributed by atoms with E-state index < -0.39 is 0 Å². The zero-order valence-electron chi connectivity index (χ0n) is 43.7. The lowest BCUT2D eigenvalue weighted by Crippen LogP contribution is -2.51. The van der Waals surface area contributed by atoms with Gasteiger partial charge in [-0.1, -0.05) is 142 Å². The summed E-state index contributed by atoms with van der Waals surface area (Å²) in [5.41, 5.74) is 2.28. The highest BCUT2D eigenvalue weighted by Crippen LogP contribution is 2.67. The first kappa shape index (κ1) is 55.0. The lowest BCUT2D eigenvalue weighted by Gasteiger charge is -2.58. The maximum absolute atomic E-state index is 13.1. The molecule has 9 atom stereocenters. The summed E-state index contributed by atoms with van der Waals surface area (Å²) in [5.74, 6) is 4.59. The van der Waals surface area contributed by atoms with Crippen molar-refractivity contribution < 1.29 is 23.8 Å². The third-order valence-electron chi connectivity index (χ3n) is 17.6. The largest absolute Gasteiger partial charge is 0.462 e. The van der Waals surface area contributed by atoms with Gasteiger partial charge in [0, 0.05) is 32.5 Å². The zero-order chi connectivity index (χ0) is 47.0. The number of unbranched alkanes of at least 4 members (excludes halogenated alkanes) is 9. The monoisotopic (exact) mass is 919 g/mol. The fraction of sp³-hybridized carbons (Fsp3) is 0.864. The number of rotatable bonds is 32. The van der Waals surface area contributed by atoms with Crippen LogP contribution in [-0.2, 0) is 23.8 Å². The van der Waals surface area contributed by atoms with Gasteiger partial charge in [0.05, 0.1) is 25.7 Å². The van der Waals surface area contributed by atoms with Crippen LogP contribution in [0.2, 0.25) is 0 Å². The van der Waals surface area contributed by atoms with Gasteiger partial charge in [-0.3, -0.25) is 9.59 Å². The molecule has 7 heteroatoms. The molecule has 0 radical (unpaired) electrons. The van der Waals surface area contributed by atoms with Crippen molar-refractivity contribution in [1.29, 1.82) is 0 Å². The lowest BCUT2D eigenvalue weighted by molar-refractivity contribution is -0.152. The third kappa shape index (κ3) is 17.8. The van der Waals surface area contributed by atoms with Crippen LogP contribution in [0.1, 0.15) is 221 Å². The molecule has 4 fully saturated rings. The number of amides is 1. The smallest absolute Gasteiger partial charge is 0.306 e. The molecular weight excluding hydrogens is 817 g/mol. The van der Waals surface area contributed by atoms with Crippen LogP contribution >= 0.6 is 0 Å². The minimum atomic E-state index is -0.240. The number of likely N-dealkylation sites (tertiary alicyclic amines) is 1. The molecule has 1 N–H and O–H groups in total. The Morgan fingerprint density at radius 1 is 0.803 bits per heavy atom. The molecule has 1 heterocycles. The van der Waals surface area contributed by atoms with E-state index in [-0.39, 0.29) is 42.3 Å². The molecular formula is C59H102N2O5. The molecule has 4 aliphatic carbocycles. The van der Waals surface area contributed by atoms with Crippen LogP contribution < -0.4 is 5.32 Å². The van der Waals surface area contributed by atoms with Gasteiger partial charge in [0.2, 0.25) is 5.91 Å². The van der Waals surface area contributed by atoms with Gasteiger partial charge < -0.3 is 24.4 Å². The Morgan fingerprint density at radius 2 is 1.55 bits per heavy atom. The van der Waals surface area contributed by atoms with Crippen LogP contribution in [0.15, 0.2) is 36.0 Å². The summed E-state index contributed by atoms with van der Waals surface area (Å²) in [5, 5.41) is 3.00. The molecule has 7 nitrogen and oxygen atoms in total. The van der Waals surface area contributed by atoms with Crippen molar-refractivity contribution in [2.45, 2.75) is 234 Å². The fourth-order valence-electron chi connectivity index (χ4n) is 13.7. The van der Waals surface area contributed by atoms with Crippen molar-refractivity contribution in [2.24, 2.45) is 46.3 Å². The summed E-state index contributed by atoms with van der Waals surface area (Å²) in [6.07, 6.45) is 44.7. The minimum absolute atomic E-state index is 0.00596. The van der Waals surface area contributed by atoms with Crippen molar-refractivity contribution in [1.82, 2.24) is 10.2 Å². The molecule has 0 bridgehead atoms.